The number of carbonyl (C=O) groups is 1. The van der Waals surface area contributed by atoms with E-state index >= 15 is 0 Å². The fourth-order valence-electron chi connectivity index (χ4n) is 1.90. The van der Waals surface area contributed by atoms with Gasteiger partial charge >= 0.3 is 6.18 Å². The monoisotopic (exact) mass is 253 g/mol. The van der Waals surface area contributed by atoms with Crippen LogP contribution >= 0.6 is 0 Å². The van der Waals surface area contributed by atoms with Gasteiger partial charge in [-0.25, -0.2) is 0 Å². The van der Waals surface area contributed by atoms with Crippen molar-refractivity contribution >= 4 is 5.91 Å². The van der Waals surface area contributed by atoms with Crippen LogP contribution in [0.1, 0.15) is 32.1 Å². The molecule has 1 aliphatic rings. The summed E-state index contributed by atoms with van der Waals surface area (Å²) in [6.07, 6.45) is -0.373. The van der Waals surface area contributed by atoms with E-state index in [1.807, 2.05) is 0 Å². The lowest BCUT2D eigenvalue weighted by Gasteiger charge is -2.13. The molecule has 1 aliphatic heterocycles. The zero-order chi connectivity index (χ0) is 12.7. The van der Waals surface area contributed by atoms with Gasteiger partial charge in [-0.05, 0) is 25.7 Å². The summed E-state index contributed by atoms with van der Waals surface area (Å²) in [7, 11) is 0. The normalized spacial score (nSPS) is 22.1. The zero-order valence-electron chi connectivity index (χ0n) is 9.68. The van der Waals surface area contributed by atoms with E-state index in [-0.39, 0.29) is 18.4 Å². The first-order valence-corrected chi connectivity index (χ1v) is 5.91. The lowest BCUT2D eigenvalue weighted by molar-refractivity contribution is -0.174. The highest BCUT2D eigenvalue weighted by Crippen LogP contribution is 2.18. The molecule has 0 radical (unpaired) electrons. The molecule has 0 bridgehead atoms. The molecule has 0 saturated carbocycles. The number of rotatable bonds is 5. The summed E-state index contributed by atoms with van der Waals surface area (Å²) in [4.78, 5) is 11.5. The fraction of sp³-hybridized carbons (Fsp3) is 0.909. The van der Waals surface area contributed by atoms with Crippen LogP contribution in [0.3, 0.4) is 0 Å². The van der Waals surface area contributed by atoms with Crippen molar-refractivity contribution in [3.8, 4) is 0 Å². The first-order chi connectivity index (χ1) is 7.99. The van der Waals surface area contributed by atoms with Crippen LogP contribution in [-0.2, 0) is 9.53 Å². The van der Waals surface area contributed by atoms with Gasteiger partial charge in [0.15, 0.2) is 0 Å². The Morgan fingerprint density at radius 1 is 1.35 bits per heavy atom. The lowest BCUT2D eigenvalue weighted by Crippen LogP contribution is -2.29. The molecule has 0 aliphatic carbocycles. The number of alkyl halides is 3. The van der Waals surface area contributed by atoms with Crippen LogP contribution in [0.5, 0.6) is 0 Å². The average molecular weight is 253 g/mol. The maximum Gasteiger partial charge on any atom is 0.411 e. The molecular weight excluding hydrogens is 235 g/mol. The third-order valence-corrected chi connectivity index (χ3v) is 2.76. The molecule has 3 nitrogen and oxygen atoms in total. The zero-order valence-corrected chi connectivity index (χ0v) is 9.68. The second-order valence-electron chi connectivity index (χ2n) is 4.29. The van der Waals surface area contributed by atoms with E-state index in [1.54, 1.807) is 0 Å². The lowest BCUT2D eigenvalue weighted by atomic mass is 9.97. The summed E-state index contributed by atoms with van der Waals surface area (Å²) in [6.45, 7) is -0.437. The Hall–Kier alpha value is -0.780. The van der Waals surface area contributed by atoms with Crippen LogP contribution in [0.15, 0.2) is 0 Å². The second-order valence-corrected chi connectivity index (χ2v) is 4.29. The van der Waals surface area contributed by atoms with Crippen molar-refractivity contribution in [1.29, 1.82) is 0 Å². The first-order valence-electron chi connectivity index (χ1n) is 5.91. The van der Waals surface area contributed by atoms with Crippen molar-refractivity contribution < 1.29 is 22.7 Å². The van der Waals surface area contributed by atoms with Crippen molar-refractivity contribution in [3.63, 3.8) is 0 Å². The topological polar surface area (TPSA) is 38.3 Å². The molecule has 1 heterocycles. The molecule has 17 heavy (non-hydrogen) atoms. The highest BCUT2D eigenvalue weighted by atomic mass is 19.4. The molecule has 0 spiro atoms. The fourth-order valence-corrected chi connectivity index (χ4v) is 1.90. The largest absolute Gasteiger partial charge is 0.411 e. The highest BCUT2D eigenvalue weighted by Gasteiger charge is 2.27. The van der Waals surface area contributed by atoms with Crippen LogP contribution in [0.2, 0.25) is 0 Å². The number of hydrogen-bond donors (Lipinski definition) is 1. The van der Waals surface area contributed by atoms with Crippen LogP contribution in [0.25, 0.3) is 0 Å². The van der Waals surface area contributed by atoms with Gasteiger partial charge < -0.3 is 10.1 Å². The quantitative estimate of drug-likeness (QED) is 0.763. The molecule has 1 rings (SSSR count). The molecule has 0 aromatic rings. The van der Waals surface area contributed by atoms with Gasteiger partial charge in [-0.3, -0.25) is 4.79 Å². The summed E-state index contributed by atoms with van der Waals surface area (Å²) >= 11 is 0. The average Bonchev–Trinajstić information content (AvgIpc) is 2.42. The minimum atomic E-state index is -4.26. The first kappa shape index (κ1) is 14.3. The number of hydrogen-bond acceptors (Lipinski definition) is 2. The standard InChI is InChI=1S/C11H18F3NO2/c12-11(13,14)8-17-7-3-5-9-4-1-2-6-15-10(9)16/h9H,1-8H2,(H,15,16). The van der Waals surface area contributed by atoms with Crippen LogP contribution in [0.4, 0.5) is 13.2 Å². The highest BCUT2D eigenvalue weighted by molar-refractivity contribution is 5.78. The predicted molar refractivity (Wildman–Crippen MR) is 56.5 cm³/mol. The minimum Gasteiger partial charge on any atom is -0.372 e. The van der Waals surface area contributed by atoms with Gasteiger partial charge in [-0.15, -0.1) is 0 Å². The van der Waals surface area contributed by atoms with E-state index in [1.165, 1.54) is 0 Å². The van der Waals surface area contributed by atoms with Crippen LogP contribution in [-0.4, -0.2) is 31.8 Å². The molecule has 1 fully saturated rings. The van der Waals surface area contributed by atoms with E-state index in [0.717, 1.165) is 19.3 Å². The van der Waals surface area contributed by atoms with Crippen molar-refractivity contribution in [2.75, 3.05) is 19.8 Å². The molecule has 1 atom stereocenters. The van der Waals surface area contributed by atoms with E-state index in [2.05, 4.69) is 10.1 Å². The van der Waals surface area contributed by atoms with Gasteiger partial charge in [0.05, 0.1) is 0 Å². The molecule has 1 N–H and O–H groups in total. The Labute approximate surface area is 98.7 Å². The van der Waals surface area contributed by atoms with Gasteiger partial charge in [0.25, 0.3) is 0 Å². The summed E-state index contributed by atoms with van der Waals surface area (Å²) in [5, 5.41) is 2.80. The number of amides is 1. The molecule has 0 aromatic carbocycles. The smallest absolute Gasteiger partial charge is 0.372 e. The number of carbonyl (C=O) groups excluding carboxylic acids is 1. The molecular formula is C11H18F3NO2. The number of ether oxygens (including phenoxy) is 1. The Morgan fingerprint density at radius 2 is 2.12 bits per heavy atom. The molecule has 1 saturated heterocycles. The number of halogens is 3. The van der Waals surface area contributed by atoms with Crippen LogP contribution in [0, 0.1) is 5.92 Å². The second kappa shape index (κ2) is 6.83. The van der Waals surface area contributed by atoms with Crippen LogP contribution < -0.4 is 5.32 Å². The van der Waals surface area contributed by atoms with E-state index in [4.69, 9.17) is 0 Å². The minimum absolute atomic E-state index is 0.0262. The van der Waals surface area contributed by atoms with E-state index in [0.29, 0.717) is 19.4 Å². The summed E-state index contributed by atoms with van der Waals surface area (Å²) in [6, 6.07) is 0. The molecule has 6 heteroatoms. The van der Waals surface area contributed by atoms with Gasteiger partial charge in [-0.1, -0.05) is 6.42 Å². The van der Waals surface area contributed by atoms with Gasteiger partial charge in [0.1, 0.15) is 6.61 Å². The maximum atomic E-state index is 11.8. The molecule has 0 aromatic heterocycles. The molecule has 1 amide bonds. The SMILES string of the molecule is O=C1NCCCCC1CCCOCC(F)(F)F. The summed E-state index contributed by atoms with van der Waals surface area (Å²) < 4.78 is 39.8. The van der Waals surface area contributed by atoms with E-state index in [9.17, 15) is 18.0 Å². The Morgan fingerprint density at radius 3 is 2.82 bits per heavy atom. The Bertz CT molecular complexity index is 243. The van der Waals surface area contributed by atoms with Crippen molar-refractivity contribution in [2.45, 2.75) is 38.3 Å². The maximum absolute atomic E-state index is 11.8. The van der Waals surface area contributed by atoms with Crippen molar-refractivity contribution in [3.05, 3.63) is 0 Å². The Balaban J connectivity index is 2.10. The summed E-state index contributed by atoms with van der Waals surface area (Å²) in [5.74, 6) is -0.0368. The van der Waals surface area contributed by atoms with Gasteiger partial charge in [0, 0.05) is 19.1 Å². The molecule has 1 unspecified atom stereocenters. The third kappa shape index (κ3) is 6.51. The summed E-state index contributed by atoms with van der Waals surface area (Å²) in [5.41, 5.74) is 0. The van der Waals surface area contributed by atoms with Crippen molar-refractivity contribution in [2.24, 2.45) is 5.92 Å². The Kier molecular flexibility index (Phi) is 5.74. The van der Waals surface area contributed by atoms with Crippen molar-refractivity contribution in [1.82, 2.24) is 5.32 Å². The number of nitrogens with one attached hydrogen (secondary N) is 1. The molecule has 100 valence electrons. The van der Waals surface area contributed by atoms with E-state index < -0.39 is 12.8 Å². The predicted octanol–water partition coefficient (Wildman–Crippen LogP) is 2.26. The van der Waals surface area contributed by atoms with Gasteiger partial charge in [0.2, 0.25) is 5.91 Å². The van der Waals surface area contributed by atoms with Gasteiger partial charge in [-0.2, -0.15) is 13.2 Å². The third-order valence-electron chi connectivity index (χ3n) is 2.76.